The molecule has 0 saturated heterocycles. The first-order chi connectivity index (χ1) is 19.4. The molecule has 0 radical (unpaired) electrons. The van der Waals surface area contributed by atoms with Gasteiger partial charge in [-0.2, -0.15) is 10.5 Å². The van der Waals surface area contributed by atoms with E-state index in [9.17, 15) is 24.6 Å². The quantitative estimate of drug-likeness (QED) is 0.0839. The van der Waals surface area contributed by atoms with Gasteiger partial charge in [-0.15, -0.1) is 11.1 Å². The van der Waals surface area contributed by atoms with Crippen LogP contribution in [0.3, 0.4) is 0 Å². The first-order valence-electron chi connectivity index (χ1n) is 11.4. The van der Waals surface area contributed by atoms with E-state index in [0.29, 0.717) is 5.56 Å². The van der Waals surface area contributed by atoms with Gasteiger partial charge in [0.05, 0.1) is 5.69 Å². The molecule has 0 spiro atoms. The van der Waals surface area contributed by atoms with E-state index in [0.717, 1.165) is 24.3 Å². The minimum atomic E-state index is -1.08. The summed E-state index contributed by atoms with van der Waals surface area (Å²) in [5.74, 6) is -3.41. The summed E-state index contributed by atoms with van der Waals surface area (Å²) in [4.78, 5) is 17.1. The molecule has 2 aliphatic rings. The third-order valence-corrected chi connectivity index (χ3v) is 6.76. The van der Waals surface area contributed by atoms with E-state index in [1.807, 2.05) is 0 Å². The van der Waals surface area contributed by atoms with Gasteiger partial charge in [-0.3, -0.25) is 4.98 Å². The summed E-state index contributed by atoms with van der Waals surface area (Å²) in [5.41, 5.74) is -1.42. The van der Waals surface area contributed by atoms with Crippen molar-refractivity contribution in [2.75, 3.05) is 0 Å². The predicted molar refractivity (Wildman–Crippen MR) is 132 cm³/mol. The Morgan fingerprint density at radius 2 is 1.07 bits per heavy atom. The second-order valence-electron chi connectivity index (χ2n) is 8.83. The van der Waals surface area contributed by atoms with Gasteiger partial charge >= 0.3 is 0 Å². The number of nitriles is 3. The number of allylic oxidation sites excluding steroid dienone is 2. The van der Waals surface area contributed by atoms with Gasteiger partial charge in [-0.05, 0) is 35.5 Å². The third kappa shape index (κ3) is 3.05. The fraction of sp³-hybridized carbons (Fsp3) is 0. The molecule has 0 aliphatic heterocycles. The van der Waals surface area contributed by atoms with Crippen molar-refractivity contribution in [1.29, 1.82) is 15.8 Å². The smallest absolute Gasteiger partial charge is 0.178 e. The van der Waals surface area contributed by atoms with Crippen LogP contribution in [-0.4, -0.2) is 19.9 Å². The molecule has 2 aromatic heterocycles. The largest absolute Gasteiger partial charge is 0.306 e. The molecule has 194 valence electrons. The summed E-state index contributed by atoms with van der Waals surface area (Å²) in [6.07, 6.45) is 2.42. The molecule has 5 aromatic rings. The van der Waals surface area contributed by atoms with E-state index in [2.05, 4.69) is 26.0 Å². The van der Waals surface area contributed by atoms with Crippen LogP contribution in [0.5, 0.6) is 0 Å². The standard InChI is InChI=1S/C29H6F4N7.Cm/c30-12-1-3-14-17(7-12)16(5-6-34)23-22(14)37-27-21(33)29-28(20(32)26(27)38-23)39-24-15-4-2-13(31)8-18(15)19(25(24)40-29)11(9-35)10-36;/h1-4,7-8H;/q-1;. The van der Waals surface area contributed by atoms with Gasteiger partial charge in [-0.1, -0.05) is 23.8 Å². The normalized spacial score (nSPS) is 13.1. The Bertz CT molecular complexity index is 2240. The summed E-state index contributed by atoms with van der Waals surface area (Å²) >= 11 is 0. The molecule has 2 heterocycles. The molecule has 0 saturated carbocycles. The molecular formula is C29H6CmF4N7-. The van der Waals surface area contributed by atoms with E-state index >= 15 is 8.78 Å². The molecule has 3 aromatic carbocycles. The van der Waals surface area contributed by atoms with Crippen molar-refractivity contribution < 1.29 is 17.6 Å². The van der Waals surface area contributed by atoms with E-state index in [-0.39, 0.29) is 50.6 Å². The van der Waals surface area contributed by atoms with E-state index in [1.165, 1.54) is 12.1 Å². The molecule has 0 amide bonds. The summed E-state index contributed by atoms with van der Waals surface area (Å²) in [5, 5.41) is 28.3. The molecule has 7 rings (SSSR count). The monoisotopic (exact) mass is 771 g/mol. The molecule has 2 aliphatic carbocycles. The van der Waals surface area contributed by atoms with Crippen LogP contribution in [0.25, 0.3) is 55.7 Å². The fourth-order valence-electron chi connectivity index (χ4n) is 5.12. The zero-order valence-electron chi connectivity index (χ0n) is 20.0. The van der Waals surface area contributed by atoms with Crippen LogP contribution in [-0.2, 0) is 0 Å². The number of rotatable bonds is 0. The Morgan fingerprint density at radius 3 is 1.61 bits per heavy atom. The Kier molecular flexibility index (Phi) is 4.90. The van der Waals surface area contributed by atoms with Gasteiger partial charge in [0.2, 0.25) is 0 Å². The zero-order chi connectivity index (χ0) is 27.9. The average molecular weight is 775 g/mol. The molecule has 0 unspecified atom stereocenters. The van der Waals surface area contributed by atoms with Crippen LogP contribution in [0.4, 0.5) is 17.6 Å². The second-order valence-corrected chi connectivity index (χ2v) is 8.83. The maximum atomic E-state index is 16.0. The third-order valence-electron chi connectivity index (χ3n) is 6.76. The number of nitrogens with zero attached hydrogens (tertiary/aromatic N) is 7. The van der Waals surface area contributed by atoms with Crippen molar-refractivity contribution in [2.24, 2.45) is 0 Å². The van der Waals surface area contributed by atoms with Crippen molar-refractivity contribution >= 4 is 33.2 Å². The summed E-state index contributed by atoms with van der Waals surface area (Å²) in [7, 11) is 0. The van der Waals surface area contributed by atoms with Crippen molar-refractivity contribution in [3.05, 3.63) is 93.8 Å². The van der Waals surface area contributed by atoms with Gasteiger partial charge < -0.3 is 4.98 Å². The molecule has 0 fully saturated rings. The molecule has 12 heteroatoms. The fourth-order valence-corrected chi connectivity index (χ4v) is 5.12. The van der Waals surface area contributed by atoms with Crippen molar-refractivity contribution in [3.8, 4) is 40.7 Å². The molecule has 0 N–H and O–H groups in total. The van der Waals surface area contributed by atoms with Crippen LogP contribution < -0.4 is 0 Å². The SMILES string of the molecule is N#C[C-]=C1c2cc(F)ccc2-c2nc3c(F)c4nc5c(nc4c(F)c3nc21)-c1ccc(F)cc1C5=C(C#N)C#N.[Cm]. The Morgan fingerprint density at radius 1 is 0.610 bits per heavy atom. The van der Waals surface area contributed by atoms with Crippen LogP contribution >= 0.6 is 0 Å². The Hall–Kier alpha value is -6.99. The van der Waals surface area contributed by atoms with Gasteiger partial charge in [0.1, 0.15) is 57.1 Å². The van der Waals surface area contributed by atoms with E-state index in [4.69, 9.17) is 0 Å². The molecule has 0 bridgehead atoms. The first-order valence-corrected chi connectivity index (χ1v) is 11.4. The van der Waals surface area contributed by atoms with Gasteiger partial charge in [0.15, 0.2) is 11.6 Å². The zero-order valence-corrected chi connectivity index (χ0v) is 22.9. The van der Waals surface area contributed by atoms with E-state index in [1.54, 1.807) is 18.2 Å². The number of halogens is 4. The molecular weight excluding hydrogens is 769 g/mol. The summed E-state index contributed by atoms with van der Waals surface area (Å²) in [6, 6.07) is 12.5. The minimum Gasteiger partial charge on any atom is -0.306 e. The van der Waals surface area contributed by atoms with Gasteiger partial charge in [0, 0.05) is 22.9 Å². The minimum absolute atomic E-state index is 0. The number of benzene rings is 3. The average Bonchev–Trinajstić information content (AvgIpc) is 3.42. The predicted octanol–water partition coefficient (Wildman–Crippen LogP) is 5.70. The first kappa shape index (κ1) is 24.4. The second kappa shape index (κ2) is 8.26. The molecule has 41 heavy (non-hydrogen) atoms. The Labute approximate surface area is 221 Å². The maximum absolute atomic E-state index is 16.0. The number of fused-ring (bicyclic) bond motifs is 8. The molecule has 7 nitrogen and oxygen atoms in total. The van der Waals surface area contributed by atoms with Gasteiger partial charge in [-0.25, -0.2) is 32.8 Å². The topological polar surface area (TPSA) is 123 Å². The number of hydrogen-bond acceptors (Lipinski definition) is 7. The van der Waals surface area contributed by atoms with Crippen LogP contribution in [0.15, 0.2) is 42.0 Å². The number of aromatic nitrogens is 4. The van der Waals surface area contributed by atoms with Crippen molar-refractivity contribution in [2.45, 2.75) is 0 Å². The summed E-state index contributed by atoms with van der Waals surface area (Å²) < 4.78 is 60.2. The van der Waals surface area contributed by atoms with Crippen LogP contribution in [0.2, 0.25) is 0 Å². The maximum Gasteiger partial charge on any atom is 0.178 e. The van der Waals surface area contributed by atoms with Crippen LogP contribution in [0, 0.1) is 63.3 Å². The number of hydrogen-bond donors (Lipinski definition) is 0. The Balaban J connectivity index is 0.00000302. The van der Waals surface area contributed by atoms with E-state index < -0.39 is 50.9 Å². The van der Waals surface area contributed by atoms with Gasteiger partial charge in [0.25, 0.3) is 0 Å². The molecule has 0 atom stereocenters. The van der Waals surface area contributed by atoms with Crippen molar-refractivity contribution in [1.82, 2.24) is 19.9 Å². The van der Waals surface area contributed by atoms with Crippen molar-refractivity contribution in [3.63, 3.8) is 0 Å². The van der Waals surface area contributed by atoms with Crippen LogP contribution in [0.1, 0.15) is 22.5 Å². The summed E-state index contributed by atoms with van der Waals surface area (Å²) in [6.45, 7) is 0.